The normalized spacial score (nSPS) is 10.8. The predicted molar refractivity (Wildman–Crippen MR) is 97.1 cm³/mol. The lowest BCUT2D eigenvalue weighted by Crippen LogP contribution is -2.30. The summed E-state index contributed by atoms with van der Waals surface area (Å²) in [5.74, 6) is -0.537. The molecular formula is C16H16ClN5O3S. The summed E-state index contributed by atoms with van der Waals surface area (Å²) in [6.07, 6.45) is 0.859. The molecule has 0 bridgehead atoms. The molecule has 3 rings (SSSR count). The van der Waals surface area contributed by atoms with Crippen LogP contribution in [0.1, 0.15) is 28.8 Å². The fourth-order valence-corrected chi connectivity index (χ4v) is 3.73. The molecule has 0 spiro atoms. The Morgan fingerprint density at radius 1 is 1.35 bits per heavy atom. The fourth-order valence-electron chi connectivity index (χ4n) is 2.30. The number of fused-ring (bicyclic) bond motifs is 1. The Hall–Kier alpha value is -2.52. The number of carbonyl (C=O) groups excluding carboxylic acids is 2. The lowest BCUT2D eigenvalue weighted by molar-refractivity contribution is -0.144. The minimum absolute atomic E-state index is 0.0503. The summed E-state index contributed by atoms with van der Waals surface area (Å²) in [4.78, 5) is 24.5. The van der Waals surface area contributed by atoms with E-state index in [4.69, 9.17) is 16.3 Å². The van der Waals surface area contributed by atoms with Crippen LogP contribution in [0.2, 0.25) is 5.02 Å². The van der Waals surface area contributed by atoms with E-state index < -0.39 is 11.9 Å². The van der Waals surface area contributed by atoms with Crippen LogP contribution in [0.25, 0.3) is 10.1 Å². The van der Waals surface area contributed by atoms with Gasteiger partial charge >= 0.3 is 5.97 Å². The number of aryl methyl sites for hydroxylation is 1. The van der Waals surface area contributed by atoms with Crippen LogP contribution in [-0.2, 0) is 22.7 Å². The van der Waals surface area contributed by atoms with Gasteiger partial charge in [-0.15, -0.1) is 16.4 Å². The maximum atomic E-state index is 12.3. The van der Waals surface area contributed by atoms with Gasteiger partial charge in [0.2, 0.25) is 0 Å². The Morgan fingerprint density at radius 3 is 2.92 bits per heavy atom. The minimum atomic E-state index is -0.582. The standard InChI is InChI=1S/C16H16ClN5O3S/c1-2-7-22-12(19-20-21-22)9-25-13(23)8-18-16(24)15-14(17)10-5-3-4-6-11(10)26-15/h3-6H,2,7-9H2,1H3,(H,18,24). The third-order valence-electron chi connectivity index (χ3n) is 3.54. The number of aromatic nitrogens is 4. The number of thiophene rings is 1. The molecule has 10 heteroatoms. The maximum Gasteiger partial charge on any atom is 0.325 e. The Kier molecular flexibility index (Phi) is 5.79. The van der Waals surface area contributed by atoms with E-state index in [0.29, 0.717) is 22.3 Å². The number of rotatable bonds is 7. The number of halogens is 1. The van der Waals surface area contributed by atoms with Gasteiger partial charge in [0.1, 0.15) is 11.4 Å². The number of nitrogens with one attached hydrogen (secondary N) is 1. The molecule has 1 aromatic carbocycles. The van der Waals surface area contributed by atoms with Crippen LogP contribution < -0.4 is 5.32 Å². The summed E-state index contributed by atoms with van der Waals surface area (Å²) in [7, 11) is 0. The molecule has 2 heterocycles. The molecule has 0 aliphatic rings. The number of amides is 1. The van der Waals surface area contributed by atoms with Crippen molar-refractivity contribution in [2.24, 2.45) is 0 Å². The van der Waals surface area contributed by atoms with Crippen LogP contribution in [0, 0.1) is 0 Å². The molecule has 0 aliphatic heterocycles. The van der Waals surface area contributed by atoms with Gasteiger partial charge in [0.25, 0.3) is 5.91 Å². The topological polar surface area (TPSA) is 99.0 Å². The third kappa shape index (κ3) is 4.00. The van der Waals surface area contributed by atoms with E-state index in [9.17, 15) is 9.59 Å². The molecule has 0 unspecified atom stereocenters. The van der Waals surface area contributed by atoms with Crippen LogP contribution in [-0.4, -0.2) is 38.6 Å². The number of nitrogens with zero attached hydrogens (tertiary/aromatic N) is 4. The van der Waals surface area contributed by atoms with Crippen LogP contribution in [0.15, 0.2) is 24.3 Å². The van der Waals surface area contributed by atoms with E-state index in [-0.39, 0.29) is 13.2 Å². The average molecular weight is 394 g/mol. The van der Waals surface area contributed by atoms with Gasteiger partial charge in [-0.05, 0) is 22.9 Å². The number of hydrogen-bond acceptors (Lipinski definition) is 7. The van der Waals surface area contributed by atoms with E-state index in [0.717, 1.165) is 16.5 Å². The van der Waals surface area contributed by atoms with Crippen LogP contribution in [0.4, 0.5) is 0 Å². The Labute approximate surface area is 158 Å². The summed E-state index contributed by atoms with van der Waals surface area (Å²) in [5.41, 5.74) is 0. The van der Waals surface area contributed by atoms with Crippen molar-refractivity contribution in [2.45, 2.75) is 26.5 Å². The van der Waals surface area contributed by atoms with E-state index in [1.54, 1.807) is 4.68 Å². The first-order chi connectivity index (χ1) is 12.6. The second kappa shape index (κ2) is 8.24. The first-order valence-corrected chi connectivity index (χ1v) is 9.15. The van der Waals surface area contributed by atoms with Crippen molar-refractivity contribution >= 4 is 44.9 Å². The van der Waals surface area contributed by atoms with Gasteiger partial charge in [0.05, 0.1) is 5.02 Å². The number of carbonyl (C=O) groups is 2. The van der Waals surface area contributed by atoms with E-state index in [1.807, 2.05) is 31.2 Å². The second-order valence-corrected chi connectivity index (χ2v) is 6.83. The van der Waals surface area contributed by atoms with Crippen molar-refractivity contribution < 1.29 is 14.3 Å². The maximum absolute atomic E-state index is 12.3. The van der Waals surface area contributed by atoms with Gasteiger partial charge in [0.15, 0.2) is 12.4 Å². The molecule has 1 N–H and O–H groups in total. The highest BCUT2D eigenvalue weighted by Crippen LogP contribution is 2.34. The molecule has 0 saturated carbocycles. The monoisotopic (exact) mass is 393 g/mol. The first-order valence-electron chi connectivity index (χ1n) is 7.96. The summed E-state index contributed by atoms with van der Waals surface area (Å²) in [6, 6.07) is 7.46. The minimum Gasteiger partial charge on any atom is -0.456 e. The largest absolute Gasteiger partial charge is 0.456 e. The summed E-state index contributed by atoms with van der Waals surface area (Å²) in [5, 5.41) is 14.9. The lowest BCUT2D eigenvalue weighted by Gasteiger charge is -2.06. The molecule has 0 aliphatic carbocycles. The molecule has 3 aromatic rings. The molecule has 0 fully saturated rings. The van der Waals surface area contributed by atoms with Gasteiger partial charge in [-0.25, -0.2) is 4.68 Å². The Balaban J connectivity index is 1.54. The molecule has 0 radical (unpaired) electrons. The zero-order valence-corrected chi connectivity index (χ0v) is 15.5. The molecule has 26 heavy (non-hydrogen) atoms. The highest BCUT2D eigenvalue weighted by Gasteiger charge is 2.18. The molecule has 8 nitrogen and oxygen atoms in total. The van der Waals surface area contributed by atoms with E-state index in [1.165, 1.54) is 11.3 Å². The Morgan fingerprint density at radius 2 is 2.15 bits per heavy atom. The van der Waals surface area contributed by atoms with Crippen LogP contribution in [0.3, 0.4) is 0 Å². The summed E-state index contributed by atoms with van der Waals surface area (Å²) in [6.45, 7) is 2.32. The van der Waals surface area contributed by atoms with Gasteiger partial charge < -0.3 is 10.1 Å². The number of tetrazole rings is 1. The summed E-state index contributed by atoms with van der Waals surface area (Å²) >= 11 is 7.53. The molecular weight excluding hydrogens is 378 g/mol. The smallest absolute Gasteiger partial charge is 0.325 e. The van der Waals surface area contributed by atoms with Crippen molar-refractivity contribution in [3.05, 3.63) is 40.0 Å². The van der Waals surface area contributed by atoms with Crippen molar-refractivity contribution in [1.29, 1.82) is 0 Å². The molecule has 0 atom stereocenters. The zero-order valence-electron chi connectivity index (χ0n) is 13.9. The number of esters is 1. The zero-order chi connectivity index (χ0) is 18.5. The van der Waals surface area contributed by atoms with Crippen molar-refractivity contribution in [1.82, 2.24) is 25.5 Å². The quantitative estimate of drug-likeness (QED) is 0.619. The predicted octanol–water partition coefficient (Wildman–Crippen LogP) is 2.42. The van der Waals surface area contributed by atoms with Gasteiger partial charge in [-0.2, -0.15) is 0 Å². The second-order valence-electron chi connectivity index (χ2n) is 5.40. The van der Waals surface area contributed by atoms with E-state index >= 15 is 0 Å². The van der Waals surface area contributed by atoms with Crippen LogP contribution in [0.5, 0.6) is 0 Å². The Bertz CT molecular complexity index is 939. The number of hydrogen-bond donors (Lipinski definition) is 1. The fraction of sp³-hybridized carbons (Fsp3) is 0.312. The number of ether oxygens (including phenoxy) is 1. The van der Waals surface area contributed by atoms with Crippen molar-refractivity contribution in [3.8, 4) is 0 Å². The van der Waals surface area contributed by atoms with Gasteiger partial charge in [-0.3, -0.25) is 9.59 Å². The van der Waals surface area contributed by atoms with Crippen LogP contribution >= 0.6 is 22.9 Å². The van der Waals surface area contributed by atoms with Gasteiger partial charge in [0, 0.05) is 16.6 Å². The number of benzene rings is 1. The lowest BCUT2D eigenvalue weighted by atomic mass is 10.2. The van der Waals surface area contributed by atoms with Crippen molar-refractivity contribution in [2.75, 3.05) is 6.54 Å². The van der Waals surface area contributed by atoms with Gasteiger partial charge in [-0.1, -0.05) is 36.7 Å². The van der Waals surface area contributed by atoms with E-state index in [2.05, 4.69) is 20.8 Å². The molecule has 2 aromatic heterocycles. The first kappa shape index (κ1) is 18.3. The molecule has 0 saturated heterocycles. The highest BCUT2D eigenvalue weighted by atomic mass is 35.5. The SMILES string of the molecule is CCCn1nnnc1COC(=O)CNC(=O)c1sc2ccccc2c1Cl. The molecule has 136 valence electrons. The summed E-state index contributed by atoms with van der Waals surface area (Å²) < 4.78 is 7.58. The average Bonchev–Trinajstić information content (AvgIpc) is 3.23. The van der Waals surface area contributed by atoms with Crippen molar-refractivity contribution in [3.63, 3.8) is 0 Å². The highest BCUT2D eigenvalue weighted by molar-refractivity contribution is 7.21. The third-order valence-corrected chi connectivity index (χ3v) is 5.21. The molecule has 1 amide bonds.